The van der Waals surface area contributed by atoms with Gasteiger partial charge in [0, 0.05) is 12.8 Å². The SMILES string of the molecule is CCCCC/C=C\C/C=C\C/C=C\C/C=C\C/C=C\CCC(=O)OC[C@H](COP(=O)(O)OCC[N+](C)(C)C)OC(=O)CCC[C@H](O)[C@@H](O)/C=C/C=C/C=C\C=C\[C@@H](O)CCCCC. The Morgan fingerprint density at radius 3 is 1.73 bits per heavy atom. The summed E-state index contributed by atoms with van der Waals surface area (Å²) < 4.78 is 33.9. The Bertz CT molecular complexity index is 1490. The van der Waals surface area contributed by atoms with E-state index in [1.807, 2.05) is 33.3 Å². The van der Waals surface area contributed by atoms with Crippen LogP contribution in [0.5, 0.6) is 0 Å². The quantitative estimate of drug-likeness (QED) is 0.0116. The number of esters is 2. The topological polar surface area (TPSA) is 169 Å². The number of unbranched alkanes of at least 4 members (excludes halogenated alkanes) is 5. The maximum atomic E-state index is 12.7. The lowest BCUT2D eigenvalue weighted by Gasteiger charge is -2.24. The number of carbonyl (C=O) groups excluding carboxylic acids is 2. The molecular formula is C50H83NO11P+. The molecule has 12 nitrogen and oxygen atoms in total. The van der Waals surface area contributed by atoms with Crippen molar-refractivity contribution in [2.45, 2.75) is 147 Å². The van der Waals surface area contributed by atoms with Crippen molar-refractivity contribution in [2.24, 2.45) is 0 Å². The molecule has 0 heterocycles. The fourth-order valence-corrected chi connectivity index (χ4v) is 6.12. The number of rotatable bonds is 39. The Hall–Kier alpha value is -3.45. The lowest BCUT2D eigenvalue weighted by Crippen LogP contribution is -2.37. The number of hydrogen-bond acceptors (Lipinski definition) is 10. The van der Waals surface area contributed by atoms with E-state index in [0.717, 1.165) is 57.8 Å². The van der Waals surface area contributed by atoms with E-state index in [0.29, 0.717) is 17.4 Å². The standard InChI is InChI=1S/C50H82NO11P/c1-6-8-10-11-12-13-14-15-16-17-18-19-20-21-22-23-24-29-33-39-49(55)59-43-46(44-61-63(57,58)60-42-41-51(3,4)5)62-50(56)40-34-38-48(54)47(53)37-32-28-26-25-27-31-36-45(52)35-30-9-7-2/h12-13,15-16,18-19,21-22,24-29,31-32,36-37,45-48,52-54H,6-11,14,17,20,23,30,33-35,38-44H2,1-5H3/p+1/b13-12-,16-15-,19-18-,22-21-,27-25-,28-26+,29-24-,36-31+,37-32+/t45-,46+,47-,48-/m0/s1. The number of allylic oxidation sites excluding steroid dienone is 16. The highest BCUT2D eigenvalue weighted by atomic mass is 31.2. The molecule has 358 valence electrons. The Labute approximate surface area is 380 Å². The highest BCUT2D eigenvalue weighted by molar-refractivity contribution is 7.47. The number of aliphatic hydroxyl groups is 3. The van der Waals surface area contributed by atoms with Gasteiger partial charge in [-0.3, -0.25) is 18.6 Å². The van der Waals surface area contributed by atoms with Crippen LogP contribution in [0.4, 0.5) is 0 Å². The zero-order valence-electron chi connectivity index (χ0n) is 39.1. The molecule has 0 radical (unpaired) electrons. The van der Waals surface area contributed by atoms with Crippen molar-refractivity contribution >= 4 is 19.8 Å². The first-order valence-electron chi connectivity index (χ1n) is 22.9. The van der Waals surface area contributed by atoms with Crippen LogP contribution in [0.3, 0.4) is 0 Å². The molecule has 0 saturated heterocycles. The maximum Gasteiger partial charge on any atom is 0.472 e. The van der Waals surface area contributed by atoms with Crippen molar-refractivity contribution < 1.29 is 57.4 Å². The molecule has 4 N–H and O–H groups in total. The van der Waals surface area contributed by atoms with Gasteiger partial charge < -0.3 is 34.2 Å². The molecule has 13 heteroatoms. The summed E-state index contributed by atoms with van der Waals surface area (Å²) in [5.74, 6) is -1.24. The third-order valence-corrected chi connectivity index (χ3v) is 10.1. The molecule has 5 atom stereocenters. The van der Waals surface area contributed by atoms with E-state index in [4.69, 9.17) is 18.5 Å². The molecule has 1 unspecified atom stereocenters. The zero-order chi connectivity index (χ0) is 46.9. The first kappa shape index (κ1) is 59.5. The first-order valence-corrected chi connectivity index (χ1v) is 24.4. The van der Waals surface area contributed by atoms with Crippen molar-refractivity contribution in [2.75, 3.05) is 47.5 Å². The predicted molar refractivity (Wildman–Crippen MR) is 256 cm³/mol. The van der Waals surface area contributed by atoms with Crippen LogP contribution in [0.25, 0.3) is 0 Å². The first-order chi connectivity index (χ1) is 30.2. The molecule has 0 amide bonds. The number of likely N-dealkylation sites (N-methyl/N-ethyl adjacent to an activating group) is 1. The van der Waals surface area contributed by atoms with Crippen LogP contribution in [0.2, 0.25) is 0 Å². The number of nitrogens with zero attached hydrogens (tertiary/aromatic N) is 1. The molecule has 63 heavy (non-hydrogen) atoms. The number of aliphatic hydroxyl groups excluding tert-OH is 3. The molecule has 0 saturated carbocycles. The second-order valence-electron chi connectivity index (χ2n) is 16.3. The van der Waals surface area contributed by atoms with Gasteiger partial charge in [-0.2, -0.15) is 0 Å². The molecule has 0 aromatic rings. The van der Waals surface area contributed by atoms with Gasteiger partial charge in [0.2, 0.25) is 0 Å². The number of carbonyl (C=O) groups is 2. The molecule has 0 rings (SSSR count). The smallest absolute Gasteiger partial charge is 0.462 e. The van der Waals surface area contributed by atoms with Crippen LogP contribution in [0.1, 0.15) is 123 Å². The second-order valence-corrected chi connectivity index (χ2v) is 17.7. The van der Waals surface area contributed by atoms with Gasteiger partial charge >= 0.3 is 19.8 Å². The average molecular weight is 905 g/mol. The minimum absolute atomic E-state index is 0.0496. The third-order valence-electron chi connectivity index (χ3n) is 9.16. The fraction of sp³-hybridized carbons (Fsp3) is 0.600. The third kappa shape index (κ3) is 42.3. The molecule has 0 bridgehead atoms. The highest BCUT2D eigenvalue weighted by Gasteiger charge is 2.27. The van der Waals surface area contributed by atoms with Crippen molar-refractivity contribution in [1.82, 2.24) is 0 Å². The van der Waals surface area contributed by atoms with E-state index in [9.17, 15) is 34.4 Å². The molecule has 0 aromatic carbocycles. The Kier molecular flexibility index (Phi) is 37.9. The second kappa shape index (κ2) is 40.1. The number of quaternary nitrogens is 1. The molecule has 0 fully saturated rings. The van der Waals surface area contributed by atoms with Crippen LogP contribution in [0, 0.1) is 0 Å². The van der Waals surface area contributed by atoms with Gasteiger partial charge in [-0.05, 0) is 64.2 Å². The van der Waals surface area contributed by atoms with Crippen LogP contribution >= 0.6 is 7.82 Å². The normalized spacial score (nSPS) is 16.0. The van der Waals surface area contributed by atoms with Crippen molar-refractivity contribution in [3.63, 3.8) is 0 Å². The van der Waals surface area contributed by atoms with Gasteiger partial charge in [0.25, 0.3) is 0 Å². The van der Waals surface area contributed by atoms with Gasteiger partial charge in [0.05, 0.1) is 46.1 Å². The van der Waals surface area contributed by atoms with Crippen molar-refractivity contribution in [3.05, 3.63) is 109 Å². The van der Waals surface area contributed by atoms with E-state index in [1.165, 1.54) is 25.3 Å². The summed E-state index contributed by atoms with van der Waals surface area (Å²) in [6.07, 6.45) is 43.8. The summed E-state index contributed by atoms with van der Waals surface area (Å²) >= 11 is 0. The number of phosphoric ester groups is 1. The van der Waals surface area contributed by atoms with Crippen molar-refractivity contribution in [3.8, 4) is 0 Å². The summed E-state index contributed by atoms with van der Waals surface area (Å²) in [4.78, 5) is 35.4. The zero-order valence-corrected chi connectivity index (χ0v) is 40.0. The van der Waals surface area contributed by atoms with E-state index < -0.39 is 57.4 Å². The van der Waals surface area contributed by atoms with Crippen molar-refractivity contribution in [1.29, 1.82) is 0 Å². The van der Waals surface area contributed by atoms with Gasteiger partial charge in [0.15, 0.2) is 6.10 Å². The largest absolute Gasteiger partial charge is 0.472 e. The predicted octanol–water partition coefficient (Wildman–Crippen LogP) is 10.0. The Morgan fingerprint density at radius 1 is 0.603 bits per heavy atom. The number of hydrogen-bond donors (Lipinski definition) is 4. The molecule has 0 aliphatic heterocycles. The Morgan fingerprint density at radius 2 is 1.14 bits per heavy atom. The lowest BCUT2D eigenvalue weighted by molar-refractivity contribution is -0.870. The van der Waals surface area contributed by atoms with Crippen LogP contribution in [-0.4, -0.2) is 109 Å². The molecule has 0 aliphatic carbocycles. The van der Waals surface area contributed by atoms with E-state index >= 15 is 0 Å². The summed E-state index contributed by atoms with van der Waals surface area (Å²) in [7, 11) is 1.20. The molecular weight excluding hydrogens is 822 g/mol. The maximum absolute atomic E-state index is 12.7. The minimum Gasteiger partial charge on any atom is -0.462 e. The van der Waals surface area contributed by atoms with Crippen LogP contribution in [-0.2, 0) is 32.7 Å². The van der Waals surface area contributed by atoms with Gasteiger partial charge in [0.1, 0.15) is 19.8 Å². The molecule has 0 aromatic heterocycles. The summed E-state index contributed by atoms with van der Waals surface area (Å²) in [6.45, 7) is 3.77. The van der Waals surface area contributed by atoms with Gasteiger partial charge in [-0.25, -0.2) is 4.57 Å². The van der Waals surface area contributed by atoms with Crippen LogP contribution in [0.15, 0.2) is 109 Å². The number of ether oxygens (including phenoxy) is 2. The van der Waals surface area contributed by atoms with Gasteiger partial charge in [-0.15, -0.1) is 0 Å². The summed E-state index contributed by atoms with van der Waals surface area (Å²) in [5, 5.41) is 30.6. The fourth-order valence-electron chi connectivity index (χ4n) is 5.38. The van der Waals surface area contributed by atoms with E-state index in [-0.39, 0.29) is 32.3 Å². The van der Waals surface area contributed by atoms with Gasteiger partial charge in [-0.1, -0.05) is 155 Å². The lowest BCUT2D eigenvalue weighted by atomic mass is 10.1. The Balaban J connectivity index is 4.80. The summed E-state index contributed by atoms with van der Waals surface area (Å²) in [5.41, 5.74) is 0. The average Bonchev–Trinajstić information content (AvgIpc) is 3.23. The molecule has 0 spiro atoms. The molecule has 0 aliphatic rings. The minimum atomic E-state index is -4.50. The van der Waals surface area contributed by atoms with Crippen LogP contribution < -0.4 is 0 Å². The highest BCUT2D eigenvalue weighted by Crippen LogP contribution is 2.43. The summed E-state index contributed by atoms with van der Waals surface area (Å²) in [6, 6.07) is 0. The monoisotopic (exact) mass is 905 g/mol. The van der Waals surface area contributed by atoms with E-state index in [2.05, 4.69) is 62.5 Å². The number of phosphoric acid groups is 1. The van der Waals surface area contributed by atoms with E-state index in [1.54, 1.807) is 42.5 Å².